The molecule has 0 spiro atoms. The molecule has 268 valence electrons. The van der Waals surface area contributed by atoms with E-state index in [9.17, 15) is 0 Å². The molecule has 0 bridgehead atoms. The van der Waals surface area contributed by atoms with Crippen molar-refractivity contribution in [1.82, 2.24) is 0 Å². The zero-order valence-corrected chi connectivity index (χ0v) is 32.7. The normalized spacial score (nSPS) is 13.6. The monoisotopic (exact) mass is 712 g/mol. The van der Waals surface area contributed by atoms with E-state index in [0.29, 0.717) is 0 Å². The Morgan fingerprint density at radius 2 is 1.22 bits per heavy atom. The molecule has 0 aliphatic carbocycles. The molecule has 4 heteroatoms. The zero-order valence-electron chi connectivity index (χ0n) is 32.7. The van der Waals surface area contributed by atoms with Crippen molar-refractivity contribution in [3.05, 3.63) is 162 Å². The van der Waals surface area contributed by atoms with Crippen LogP contribution >= 0.6 is 0 Å². The van der Waals surface area contributed by atoms with Crippen LogP contribution in [0.5, 0.6) is 0 Å². The molecule has 0 saturated carbocycles. The summed E-state index contributed by atoms with van der Waals surface area (Å²) >= 11 is 0. The minimum Gasteiger partial charge on any atom is -0.454 e. The third-order valence-electron chi connectivity index (χ3n) is 11.8. The highest BCUT2D eigenvalue weighted by atomic mass is 16.3. The van der Waals surface area contributed by atoms with E-state index in [1.165, 1.54) is 66.9 Å². The van der Waals surface area contributed by atoms with Gasteiger partial charge in [-0.1, -0.05) is 145 Å². The van der Waals surface area contributed by atoms with Crippen LogP contribution in [0.15, 0.2) is 150 Å². The Balaban J connectivity index is 1.34. The summed E-state index contributed by atoms with van der Waals surface area (Å²) in [6, 6.07) is 54.1. The number of para-hydroxylation sites is 2. The van der Waals surface area contributed by atoms with Gasteiger partial charge in [-0.15, -0.1) is 0 Å². The summed E-state index contributed by atoms with van der Waals surface area (Å²) in [5.41, 5.74) is 19.0. The first-order chi connectivity index (χ1) is 26.5. The van der Waals surface area contributed by atoms with Crippen molar-refractivity contribution in [3.63, 3.8) is 0 Å². The first-order valence-corrected chi connectivity index (χ1v) is 19.6. The van der Waals surface area contributed by atoms with Crippen LogP contribution in [0.3, 0.4) is 0 Å². The molecule has 10 rings (SSSR count). The number of hydrogen-bond donors (Lipinski definition) is 0. The molecular formula is C51H45BN2O. The van der Waals surface area contributed by atoms with E-state index >= 15 is 0 Å². The molecule has 1 aromatic heterocycles. The van der Waals surface area contributed by atoms with Crippen LogP contribution in [0.1, 0.15) is 58.2 Å². The Bertz CT molecular complexity index is 2800. The fourth-order valence-electron chi connectivity index (χ4n) is 9.02. The maximum Gasteiger partial charge on any atom is 0.333 e. The third-order valence-corrected chi connectivity index (χ3v) is 11.8. The lowest BCUT2D eigenvalue weighted by Gasteiger charge is -2.46. The van der Waals surface area contributed by atoms with E-state index in [-0.39, 0.29) is 17.7 Å². The molecule has 8 aromatic rings. The average Bonchev–Trinajstić information content (AvgIpc) is 3.56. The summed E-state index contributed by atoms with van der Waals surface area (Å²) in [6.45, 7) is 15.9. The molecule has 0 atom stereocenters. The van der Waals surface area contributed by atoms with Crippen LogP contribution < -0.4 is 20.6 Å². The summed E-state index contributed by atoms with van der Waals surface area (Å²) in [6.07, 6.45) is 0. The van der Waals surface area contributed by atoms with E-state index in [1.807, 2.05) is 0 Å². The van der Waals surface area contributed by atoms with Gasteiger partial charge in [0.05, 0.1) is 11.4 Å². The Kier molecular flexibility index (Phi) is 7.32. The number of hydrogen-bond acceptors (Lipinski definition) is 3. The van der Waals surface area contributed by atoms with E-state index < -0.39 is 0 Å². The smallest absolute Gasteiger partial charge is 0.333 e. The van der Waals surface area contributed by atoms with Crippen molar-refractivity contribution in [2.75, 3.05) is 9.71 Å². The quantitative estimate of drug-likeness (QED) is 0.170. The van der Waals surface area contributed by atoms with E-state index in [1.54, 1.807) is 0 Å². The number of furan rings is 1. The van der Waals surface area contributed by atoms with Crippen LogP contribution in [0.25, 0.3) is 44.2 Å². The minimum absolute atomic E-state index is 0.0196. The Hall–Kier alpha value is -6.00. The van der Waals surface area contributed by atoms with Gasteiger partial charge in [-0.25, -0.2) is 0 Å². The zero-order chi connectivity index (χ0) is 37.8. The van der Waals surface area contributed by atoms with Gasteiger partial charge in [0.2, 0.25) is 0 Å². The van der Waals surface area contributed by atoms with Crippen LogP contribution in [0.4, 0.5) is 28.4 Å². The van der Waals surface area contributed by atoms with Crippen molar-refractivity contribution >= 4 is 68.1 Å². The molecule has 0 amide bonds. The number of nitrogens with zero attached hydrogens (tertiary/aromatic N) is 2. The van der Waals surface area contributed by atoms with Crippen LogP contribution in [-0.4, -0.2) is 6.85 Å². The lowest BCUT2D eigenvalue weighted by atomic mass is 9.43. The standard InChI is InChI=1S/C51H45BN2O/c1-32-29-41-37-17-11-13-19-44(37)54(36-24-21-34(22-25-36)50(2,3)4)52-42-27-26-39-38-18-12-14-20-46(38)55-49(39)48(42)53(45(30-32)47(41)52)43-28-23-35(51(5,6)7)31-40(43)33-15-9-8-10-16-33/h8-31H,1-7H3. The van der Waals surface area contributed by atoms with Gasteiger partial charge in [-0.05, 0) is 99.0 Å². The number of anilines is 5. The Morgan fingerprint density at radius 1 is 0.527 bits per heavy atom. The van der Waals surface area contributed by atoms with Gasteiger partial charge in [-0.2, -0.15) is 0 Å². The van der Waals surface area contributed by atoms with E-state index in [2.05, 4.69) is 204 Å². The van der Waals surface area contributed by atoms with E-state index in [4.69, 9.17) is 4.42 Å². The van der Waals surface area contributed by atoms with Gasteiger partial charge >= 0.3 is 6.85 Å². The van der Waals surface area contributed by atoms with Gasteiger partial charge in [-0.3, -0.25) is 0 Å². The third kappa shape index (κ3) is 5.18. The second-order valence-electron chi connectivity index (χ2n) is 17.5. The van der Waals surface area contributed by atoms with Crippen molar-refractivity contribution in [2.45, 2.75) is 59.3 Å². The fourth-order valence-corrected chi connectivity index (χ4v) is 9.02. The van der Waals surface area contributed by atoms with Crippen molar-refractivity contribution in [3.8, 4) is 22.3 Å². The van der Waals surface area contributed by atoms with Gasteiger partial charge in [0.1, 0.15) is 5.58 Å². The molecule has 0 radical (unpaired) electrons. The Morgan fingerprint density at radius 3 is 1.98 bits per heavy atom. The number of benzene rings is 7. The lowest BCUT2D eigenvalue weighted by Crippen LogP contribution is -2.61. The second kappa shape index (κ2) is 12.0. The van der Waals surface area contributed by atoms with Crippen LogP contribution in [-0.2, 0) is 10.8 Å². The number of aryl methyl sites for hydroxylation is 1. The van der Waals surface area contributed by atoms with Gasteiger partial charge in [0.25, 0.3) is 0 Å². The summed E-state index contributed by atoms with van der Waals surface area (Å²) < 4.78 is 7.02. The maximum absolute atomic E-state index is 7.02. The lowest BCUT2D eigenvalue weighted by molar-refractivity contribution is 0.590. The second-order valence-corrected chi connectivity index (χ2v) is 17.5. The summed E-state index contributed by atoms with van der Waals surface area (Å²) in [7, 11) is 0. The molecule has 7 aromatic carbocycles. The minimum atomic E-state index is -0.0983. The Labute approximate surface area is 325 Å². The molecule has 2 aliphatic heterocycles. The summed E-state index contributed by atoms with van der Waals surface area (Å²) in [4.78, 5) is 5.11. The SMILES string of the molecule is Cc1cc2c3c(c1)N(c1ccc(C(C)(C)C)cc1-c1ccccc1)c1c(ccc4c1oc1ccccc14)B3N(c1ccc(C(C)(C)C)cc1)c1ccccc1-2. The topological polar surface area (TPSA) is 19.6 Å². The van der Waals surface area contributed by atoms with Crippen molar-refractivity contribution in [2.24, 2.45) is 0 Å². The molecule has 0 N–H and O–H groups in total. The van der Waals surface area contributed by atoms with E-state index in [0.717, 1.165) is 33.3 Å². The van der Waals surface area contributed by atoms with Crippen molar-refractivity contribution in [1.29, 1.82) is 0 Å². The average molecular weight is 713 g/mol. The summed E-state index contributed by atoms with van der Waals surface area (Å²) in [5.74, 6) is 0. The van der Waals surface area contributed by atoms with Gasteiger partial charge in [0.15, 0.2) is 5.58 Å². The first kappa shape index (κ1) is 33.6. The number of fused-ring (bicyclic) bond motifs is 8. The predicted molar refractivity (Wildman–Crippen MR) is 235 cm³/mol. The molecule has 2 aliphatic rings. The van der Waals surface area contributed by atoms with Gasteiger partial charge < -0.3 is 14.1 Å². The summed E-state index contributed by atoms with van der Waals surface area (Å²) in [5, 5.41) is 2.26. The molecule has 55 heavy (non-hydrogen) atoms. The molecular weight excluding hydrogens is 667 g/mol. The van der Waals surface area contributed by atoms with Crippen molar-refractivity contribution < 1.29 is 4.42 Å². The van der Waals surface area contributed by atoms with Crippen LogP contribution in [0.2, 0.25) is 0 Å². The van der Waals surface area contributed by atoms with Gasteiger partial charge in [0, 0.05) is 39.0 Å². The number of rotatable bonds is 3. The fraction of sp³-hybridized carbons (Fsp3) is 0.176. The highest BCUT2D eigenvalue weighted by Gasteiger charge is 2.46. The molecule has 3 heterocycles. The highest BCUT2D eigenvalue weighted by Crippen LogP contribution is 2.51. The molecule has 3 nitrogen and oxygen atoms in total. The molecule has 0 fully saturated rings. The highest BCUT2D eigenvalue weighted by molar-refractivity contribution is 6.94. The first-order valence-electron chi connectivity index (χ1n) is 19.6. The molecule has 0 saturated heterocycles. The van der Waals surface area contributed by atoms with Crippen LogP contribution in [0, 0.1) is 6.92 Å². The predicted octanol–water partition coefficient (Wildman–Crippen LogP) is 12.9. The maximum atomic E-state index is 7.02. The largest absolute Gasteiger partial charge is 0.454 e. The molecule has 0 unspecified atom stereocenters.